The Labute approximate surface area is 156 Å². The van der Waals surface area contributed by atoms with Gasteiger partial charge in [0.25, 0.3) is 0 Å². The zero-order valence-corrected chi connectivity index (χ0v) is 15.2. The fourth-order valence-electron chi connectivity index (χ4n) is 3.55. The third kappa shape index (κ3) is 3.03. The Morgan fingerprint density at radius 3 is 2.73 bits per heavy atom. The number of fused-ring (bicyclic) bond motifs is 1. The van der Waals surface area contributed by atoms with Crippen LogP contribution in [0.15, 0.2) is 36.7 Å². The minimum absolute atomic E-state index is 0.635. The van der Waals surface area contributed by atoms with Gasteiger partial charge in [-0.3, -0.25) is 4.98 Å². The molecule has 1 fully saturated rings. The van der Waals surface area contributed by atoms with Crippen molar-refractivity contribution in [3.05, 3.63) is 47.2 Å². The zero-order chi connectivity index (χ0) is 17.3. The minimum Gasteiger partial charge on any atom is -0.361 e. The summed E-state index contributed by atoms with van der Waals surface area (Å²) < 4.78 is 0. The van der Waals surface area contributed by atoms with E-state index < -0.39 is 0 Å². The van der Waals surface area contributed by atoms with Crippen LogP contribution < -0.4 is 10.2 Å². The van der Waals surface area contributed by atoms with Gasteiger partial charge in [0.05, 0.1) is 11.4 Å². The first-order valence-corrected chi connectivity index (χ1v) is 9.88. The molecule has 0 unspecified atom stereocenters. The number of anilines is 2. The van der Waals surface area contributed by atoms with Gasteiger partial charge in [-0.25, -0.2) is 4.98 Å². The standard InChI is InChI=1S/C19H20N6S/c1-2-16-17(3-1)26-19(22-16)21-10-13-11-25(12-13)18-5-4-15(23-24-18)14-6-8-20-9-7-14/h4-9,13H,1-3,10-12H2,(H,21,22). The van der Waals surface area contributed by atoms with Gasteiger partial charge in [0, 0.05) is 48.4 Å². The van der Waals surface area contributed by atoms with Gasteiger partial charge in [0.15, 0.2) is 10.9 Å². The van der Waals surface area contributed by atoms with Crippen LogP contribution >= 0.6 is 11.3 Å². The van der Waals surface area contributed by atoms with Crippen molar-refractivity contribution in [2.75, 3.05) is 29.9 Å². The predicted octanol–water partition coefficient (Wildman–Crippen LogP) is 3.03. The van der Waals surface area contributed by atoms with Crippen LogP contribution in [-0.4, -0.2) is 39.8 Å². The second-order valence-corrected chi connectivity index (χ2v) is 7.99. The third-order valence-electron chi connectivity index (χ3n) is 5.05. The number of aryl methyl sites for hydroxylation is 2. The fraction of sp³-hybridized carbons (Fsp3) is 0.368. The quantitative estimate of drug-likeness (QED) is 0.751. The Hall–Kier alpha value is -2.54. The normalized spacial score (nSPS) is 16.4. The van der Waals surface area contributed by atoms with Crippen LogP contribution in [0.25, 0.3) is 11.3 Å². The van der Waals surface area contributed by atoms with Crippen LogP contribution in [0.3, 0.4) is 0 Å². The van der Waals surface area contributed by atoms with Gasteiger partial charge < -0.3 is 10.2 Å². The van der Waals surface area contributed by atoms with E-state index in [2.05, 4.69) is 31.5 Å². The largest absolute Gasteiger partial charge is 0.361 e. The molecule has 0 amide bonds. The molecule has 2 aliphatic rings. The molecule has 5 rings (SSSR count). The summed E-state index contributed by atoms with van der Waals surface area (Å²) in [6, 6.07) is 7.98. The van der Waals surface area contributed by atoms with Crippen LogP contribution in [0, 0.1) is 5.92 Å². The Balaban J connectivity index is 1.14. The average molecular weight is 364 g/mol. The van der Waals surface area contributed by atoms with Crippen LogP contribution in [0.5, 0.6) is 0 Å². The van der Waals surface area contributed by atoms with E-state index in [1.807, 2.05) is 29.5 Å². The topological polar surface area (TPSA) is 66.8 Å². The second-order valence-electron chi connectivity index (χ2n) is 6.91. The third-order valence-corrected chi connectivity index (χ3v) is 6.16. The number of hydrogen-bond acceptors (Lipinski definition) is 7. The first-order chi connectivity index (χ1) is 12.8. The van der Waals surface area contributed by atoms with E-state index in [-0.39, 0.29) is 0 Å². The highest BCUT2D eigenvalue weighted by Crippen LogP contribution is 2.31. The van der Waals surface area contributed by atoms with Crippen molar-refractivity contribution in [3.63, 3.8) is 0 Å². The number of thiazole rings is 1. The van der Waals surface area contributed by atoms with E-state index in [1.54, 1.807) is 12.4 Å². The summed E-state index contributed by atoms with van der Waals surface area (Å²) in [6.07, 6.45) is 7.18. The van der Waals surface area contributed by atoms with Crippen molar-refractivity contribution in [3.8, 4) is 11.3 Å². The number of aromatic nitrogens is 4. The molecule has 0 aromatic carbocycles. The zero-order valence-electron chi connectivity index (χ0n) is 14.4. The SMILES string of the molecule is c1cc(-c2ccc(N3CC(CNc4nc5c(s4)CCC5)C3)nn2)ccn1. The lowest BCUT2D eigenvalue weighted by molar-refractivity contribution is 0.425. The van der Waals surface area contributed by atoms with Crippen LogP contribution in [-0.2, 0) is 12.8 Å². The van der Waals surface area contributed by atoms with Crippen molar-refractivity contribution in [1.82, 2.24) is 20.2 Å². The molecule has 3 aromatic heterocycles. The van der Waals surface area contributed by atoms with Gasteiger partial charge in [-0.15, -0.1) is 21.5 Å². The van der Waals surface area contributed by atoms with Crippen molar-refractivity contribution >= 4 is 22.3 Å². The van der Waals surface area contributed by atoms with Gasteiger partial charge in [0.2, 0.25) is 0 Å². The second kappa shape index (κ2) is 6.64. The van der Waals surface area contributed by atoms with Gasteiger partial charge in [-0.1, -0.05) is 0 Å². The smallest absolute Gasteiger partial charge is 0.183 e. The van der Waals surface area contributed by atoms with Crippen molar-refractivity contribution in [2.24, 2.45) is 5.92 Å². The van der Waals surface area contributed by atoms with Crippen molar-refractivity contribution < 1.29 is 0 Å². The monoisotopic (exact) mass is 364 g/mol. The molecule has 26 heavy (non-hydrogen) atoms. The number of rotatable bonds is 5. The molecule has 132 valence electrons. The summed E-state index contributed by atoms with van der Waals surface area (Å²) in [6.45, 7) is 3.01. The highest BCUT2D eigenvalue weighted by molar-refractivity contribution is 7.15. The number of pyridine rings is 1. The number of nitrogens with one attached hydrogen (secondary N) is 1. The maximum absolute atomic E-state index is 4.70. The summed E-state index contributed by atoms with van der Waals surface area (Å²) >= 11 is 1.83. The summed E-state index contributed by atoms with van der Waals surface area (Å²) in [4.78, 5) is 12.5. The molecule has 3 aromatic rings. The molecular formula is C19H20N6S. The average Bonchev–Trinajstić information content (AvgIpc) is 3.23. The lowest BCUT2D eigenvalue weighted by Crippen LogP contribution is -2.50. The van der Waals surface area contributed by atoms with Gasteiger partial charge in [0.1, 0.15) is 0 Å². The van der Waals surface area contributed by atoms with Crippen LogP contribution in [0.2, 0.25) is 0 Å². The Morgan fingerprint density at radius 2 is 1.96 bits per heavy atom. The molecule has 0 radical (unpaired) electrons. The lowest BCUT2D eigenvalue weighted by Gasteiger charge is -2.39. The molecule has 1 saturated heterocycles. The molecule has 7 heteroatoms. The molecule has 4 heterocycles. The molecule has 0 spiro atoms. The molecular weight excluding hydrogens is 344 g/mol. The Bertz CT molecular complexity index is 865. The maximum atomic E-state index is 4.70. The first-order valence-electron chi connectivity index (χ1n) is 9.07. The maximum Gasteiger partial charge on any atom is 0.183 e. The Morgan fingerprint density at radius 1 is 1.08 bits per heavy atom. The molecule has 1 N–H and O–H groups in total. The van der Waals surface area contributed by atoms with E-state index in [1.165, 1.54) is 23.4 Å². The summed E-state index contributed by atoms with van der Waals surface area (Å²) in [5, 5.41) is 13.4. The van der Waals surface area contributed by atoms with Gasteiger partial charge in [-0.2, -0.15) is 0 Å². The predicted molar refractivity (Wildman–Crippen MR) is 104 cm³/mol. The van der Waals surface area contributed by atoms with E-state index in [0.29, 0.717) is 5.92 Å². The van der Waals surface area contributed by atoms with Crippen LogP contribution in [0.4, 0.5) is 10.9 Å². The minimum atomic E-state index is 0.635. The van der Waals surface area contributed by atoms with E-state index in [9.17, 15) is 0 Å². The van der Waals surface area contributed by atoms with E-state index in [0.717, 1.165) is 48.3 Å². The fourth-order valence-corrected chi connectivity index (χ4v) is 4.61. The lowest BCUT2D eigenvalue weighted by atomic mass is 10.0. The molecule has 0 bridgehead atoms. The number of nitrogens with zero attached hydrogens (tertiary/aromatic N) is 5. The highest BCUT2D eigenvalue weighted by atomic mass is 32.1. The van der Waals surface area contributed by atoms with Gasteiger partial charge in [-0.05, 0) is 43.5 Å². The first kappa shape index (κ1) is 15.7. The van der Waals surface area contributed by atoms with Gasteiger partial charge >= 0.3 is 0 Å². The Kier molecular flexibility index (Phi) is 4.01. The van der Waals surface area contributed by atoms with E-state index in [4.69, 9.17) is 4.98 Å². The molecule has 1 aliphatic heterocycles. The molecule has 6 nitrogen and oxygen atoms in total. The molecule has 1 aliphatic carbocycles. The van der Waals surface area contributed by atoms with Crippen molar-refractivity contribution in [1.29, 1.82) is 0 Å². The molecule has 0 saturated carbocycles. The van der Waals surface area contributed by atoms with Crippen molar-refractivity contribution in [2.45, 2.75) is 19.3 Å². The molecule has 0 atom stereocenters. The van der Waals surface area contributed by atoms with E-state index >= 15 is 0 Å². The summed E-state index contributed by atoms with van der Waals surface area (Å²) in [5.41, 5.74) is 3.24. The number of hydrogen-bond donors (Lipinski definition) is 1. The summed E-state index contributed by atoms with van der Waals surface area (Å²) in [5.74, 6) is 1.59. The summed E-state index contributed by atoms with van der Waals surface area (Å²) in [7, 11) is 0. The highest BCUT2D eigenvalue weighted by Gasteiger charge is 2.28. The van der Waals surface area contributed by atoms with Crippen LogP contribution in [0.1, 0.15) is 17.0 Å².